The van der Waals surface area contributed by atoms with Gasteiger partial charge in [-0.25, -0.2) is 4.98 Å². The van der Waals surface area contributed by atoms with Gasteiger partial charge in [0.25, 0.3) is 0 Å². The van der Waals surface area contributed by atoms with E-state index >= 15 is 0 Å². The van der Waals surface area contributed by atoms with Crippen LogP contribution in [0.25, 0.3) is 0 Å². The molecule has 0 amide bonds. The van der Waals surface area contributed by atoms with Gasteiger partial charge in [-0.3, -0.25) is 4.99 Å². The van der Waals surface area contributed by atoms with Crippen LogP contribution in [-0.4, -0.2) is 17.8 Å². The minimum absolute atomic E-state index is 0.151. The second-order valence-electron chi connectivity index (χ2n) is 6.48. The van der Waals surface area contributed by atoms with Gasteiger partial charge >= 0.3 is 12.4 Å². The second-order valence-corrected chi connectivity index (χ2v) is 6.48. The fourth-order valence-corrected chi connectivity index (χ4v) is 1.91. The quantitative estimate of drug-likeness (QED) is 0.264. The van der Waals surface area contributed by atoms with Crippen molar-refractivity contribution >= 4 is 11.9 Å². The molecule has 0 radical (unpaired) electrons. The van der Waals surface area contributed by atoms with Crippen molar-refractivity contribution in [2.75, 3.05) is 6.61 Å². The fraction of sp³-hybridized carbons (Fsp3) is 0.684. The van der Waals surface area contributed by atoms with Crippen molar-refractivity contribution in [3.05, 3.63) is 17.3 Å². The third kappa shape index (κ3) is 9.41. The van der Waals surface area contributed by atoms with Crippen molar-refractivity contribution in [1.29, 1.82) is 0 Å². The van der Waals surface area contributed by atoms with Crippen molar-refractivity contribution in [1.82, 2.24) is 4.98 Å². The maximum absolute atomic E-state index is 13.1. The van der Waals surface area contributed by atoms with Crippen molar-refractivity contribution < 1.29 is 31.1 Å². The summed E-state index contributed by atoms with van der Waals surface area (Å²) >= 11 is 0. The molecule has 1 aromatic rings. The Hall–Kier alpha value is -1.80. The van der Waals surface area contributed by atoms with Crippen LogP contribution in [0.2, 0.25) is 0 Å². The van der Waals surface area contributed by atoms with Gasteiger partial charge in [0.1, 0.15) is 5.56 Å². The van der Waals surface area contributed by atoms with Crippen LogP contribution < -0.4 is 4.74 Å². The van der Waals surface area contributed by atoms with Crippen LogP contribution in [0.15, 0.2) is 11.1 Å². The minimum atomic E-state index is -4.94. The molecule has 0 unspecified atom stereocenters. The number of nitrogens with zero attached hydrogens (tertiary/aromatic N) is 2. The molecule has 0 saturated carbocycles. The number of pyridine rings is 1. The first kappa shape index (κ1) is 26.2. The van der Waals surface area contributed by atoms with Crippen LogP contribution in [-0.2, 0) is 12.4 Å². The summed E-state index contributed by atoms with van der Waals surface area (Å²) in [5.41, 5.74) is -3.78. The Bertz CT molecular complexity index is 608. The van der Waals surface area contributed by atoms with Crippen LogP contribution in [0.3, 0.4) is 0 Å². The molecule has 0 aliphatic rings. The fourth-order valence-electron chi connectivity index (χ4n) is 1.91. The van der Waals surface area contributed by atoms with Crippen molar-refractivity contribution in [3.8, 4) is 5.88 Å². The van der Waals surface area contributed by atoms with Gasteiger partial charge in [0.2, 0.25) is 5.88 Å². The number of rotatable bonds is 7. The summed E-state index contributed by atoms with van der Waals surface area (Å²) in [6, 6.07) is 0.313. The van der Waals surface area contributed by atoms with E-state index in [2.05, 4.69) is 23.8 Å². The highest BCUT2D eigenvalue weighted by atomic mass is 19.4. The topological polar surface area (TPSA) is 34.5 Å². The highest BCUT2D eigenvalue weighted by Gasteiger charge is 2.42. The first-order chi connectivity index (χ1) is 12.9. The number of hydrogen-bond donors (Lipinski definition) is 0. The lowest BCUT2D eigenvalue weighted by molar-refractivity contribution is -0.145. The molecule has 0 aromatic carbocycles. The highest BCUT2D eigenvalue weighted by molar-refractivity contribution is 5.63. The molecule has 0 aliphatic carbocycles. The van der Waals surface area contributed by atoms with E-state index in [-0.39, 0.29) is 6.61 Å². The Labute approximate surface area is 162 Å². The summed E-state index contributed by atoms with van der Waals surface area (Å²) in [5.74, 6) is -0.774. The number of alkyl halides is 6. The van der Waals surface area contributed by atoms with Crippen molar-refractivity contribution in [3.63, 3.8) is 0 Å². The molecule has 0 N–H and O–H groups in total. The molecule has 28 heavy (non-hydrogen) atoms. The first-order valence-electron chi connectivity index (χ1n) is 9.19. The molecular formula is C19H28F6N2O. The molecule has 0 bridgehead atoms. The van der Waals surface area contributed by atoms with Crippen LogP contribution in [0.5, 0.6) is 5.88 Å². The predicted octanol–water partition coefficient (Wildman–Crippen LogP) is 7.46. The molecule has 1 heterocycles. The van der Waals surface area contributed by atoms with Gasteiger partial charge < -0.3 is 4.74 Å². The lowest BCUT2D eigenvalue weighted by atomic mass is 10.1. The zero-order valence-electron chi connectivity index (χ0n) is 16.8. The third-order valence-corrected chi connectivity index (χ3v) is 3.47. The summed E-state index contributed by atoms with van der Waals surface area (Å²) in [7, 11) is 0. The van der Waals surface area contributed by atoms with Gasteiger partial charge in [-0.1, -0.05) is 40.5 Å². The van der Waals surface area contributed by atoms with Crippen molar-refractivity contribution in [2.45, 2.75) is 72.7 Å². The van der Waals surface area contributed by atoms with E-state index in [1.54, 1.807) is 0 Å². The van der Waals surface area contributed by atoms with Gasteiger partial charge in [-0.05, 0) is 31.7 Å². The highest BCUT2D eigenvalue weighted by Crippen LogP contribution is 2.42. The van der Waals surface area contributed by atoms with E-state index < -0.39 is 35.2 Å². The third-order valence-electron chi connectivity index (χ3n) is 3.47. The molecular weight excluding hydrogens is 386 g/mol. The summed E-state index contributed by atoms with van der Waals surface area (Å²) in [6.45, 7) is 9.34. The second kappa shape index (κ2) is 11.9. The largest absolute Gasteiger partial charge is 0.477 e. The zero-order valence-corrected chi connectivity index (χ0v) is 16.8. The van der Waals surface area contributed by atoms with E-state index in [0.717, 1.165) is 6.21 Å². The van der Waals surface area contributed by atoms with Gasteiger partial charge in [0.05, 0.1) is 12.3 Å². The summed E-state index contributed by atoms with van der Waals surface area (Å²) in [4.78, 5) is 6.41. The lowest BCUT2D eigenvalue weighted by Crippen LogP contribution is -2.16. The van der Waals surface area contributed by atoms with Crippen LogP contribution in [0.4, 0.5) is 32.0 Å². The van der Waals surface area contributed by atoms with E-state index in [0.29, 0.717) is 24.8 Å². The maximum Gasteiger partial charge on any atom is 0.435 e. The lowest BCUT2D eigenvalue weighted by Gasteiger charge is -2.17. The Kier molecular flexibility index (Phi) is 11.1. The molecule has 1 rings (SSSR count). The van der Waals surface area contributed by atoms with E-state index in [1.165, 1.54) is 19.8 Å². The van der Waals surface area contributed by atoms with E-state index in [1.807, 2.05) is 13.8 Å². The Morgan fingerprint density at radius 1 is 1.07 bits per heavy atom. The normalized spacial score (nSPS) is 12.3. The number of aliphatic imine (C=N–C) groups is 1. The Balaban J connectivity index is 0.00000165. The van der Waals surface area contributed by atoms with Crippen LogP contribution >= 0.6 is 0 Å². The van der Waals surface area contributed by atoms with E-state index in [4.69, 9.17) is 4.74 Å². The van der Waals surface area contributed by atoms with E-state index in [9.17, 15) is 26.3 Å². The van der Waals surface area contributed by atoms with Gasteiger partial charge in [0.15, 0.2) is 5.69 Å². The van der Waals surface area contributed by atoms with Crippen molar-refractivity contribution in [2.24, 2.45) is 10.9 Å². The molecule has 0 spiro atoms. The van der Waals surface area contributed by atoms with Gasteiger partial charge in [-0.2, -0.15) is 26.3 Å². The average molecular weight is 414 g/mol. The van der Waals surface area contributed by atoms with Crippen LogP contribution in [0.1, 0.15) is 71.6 Å². The number of halogens is 6. The monoisotopic (exact) mass is 414 g/mol. The molecule has 1 aromatic heterocycles. The van der Waals surface area contributed by atoms with Gasteiger partial charge in [-0.15, -0.1) is 0 Å². The molecule has 0 saturated heterocycles. The number of hydrogen-bond acceptors (Lipinski definition) is 3. The summed E-state index contributed by atoms with van der Waals surface area (Å²) < 4.78 is 83.1. The standard InChI is InChI=1S/C15H18F6N2O.C4H10/c1-4-22-11-8-10(14(16,17)18)13(23-12(11)15(19,20)21)24-7-5-6-9(2)3;1-3-4-2/h4,8-9H,5-7H2,1-3H3;3-4H2,1-2H3. The number of unbranched alkanes of at least 4 members (excludes halogenated alkanes) is 1. The molecule has 9 heteroatoms. The predicted molar refractivity (Wildman–Crippen MR) is 98.2 cm³/mol. The first-order valence-corrected chi connectivity index (χ1v) is 9.19. The average Bonchev–Trinajstić information content (AvgIpc) is 2.57. The Morgan fingerprint density at radius 2 is 1.64 bits per heavy atom. The maximum atomic E-state index is 13.1. The SMILES string of the molecule is CC=Nc1cc(C(F)(F)F)c(OCCCC(C)C)nc1C(F)(F)F.CCCC. The number of aromatic nitrogens is 1. The smallest absolute Gasteiger partial charge is 0.435 e. The molecule has 162 valence electrons. The molecule has 0 fully saturated rings. The van der Waals surface area contributed by atoms with Gasteiger partial charge in [0, 0.05) is 6.21 Å². The molecule has 0 aliphatic heterocycles. The van der Waals surface area contributed by atoms with Crippen LogP contribution in [0, 0.1) is 5.92 Å². The minimum Gasteiger partial charge on any atom is -0.477 e. The molecule has 0 atom stereocenters. The molecule has 3 nitrogen and oxygen atoms in total. The summed E-state index contributed by atoms with van der Waals surface area (Å²) in [5, 5.41) is 0. The summed E-state index contributed by atoms with van der Waals surface area (Å²) in [6.07, 6.45) is -5.15. The zero-order chi connectivity index (χ0) is 22.0. The number of ether oxygens (including phenoxy) is 1. The Morgan fingerprint density at radius 3 is 2.04 bits per heavy atom.